The summed E-state index contributed by atoms with van der Waals surface area (Å²) in [5.74, 6) is 1.75. The molecule has 2 heterocycles. The van der Waals surface area contributed by atoms with E-state index in [0.29, 0.717) is 0 Å². The SMILES string of the molecule is CN=C(NCc1ccc(N2CCC(C)CC2)cc1)N(C)Cc1csc(C)n1. The Morgan fingerprint density at radius 3 is 2.59 bits per heavy atom. The van der Waals surface area contributed by atoms with Crippen LogP contribution in [0.25, 0.3) is 0 Å². The largest absolute Gasteiger partial charge is 0.372 e. The maximum Gasteiger partial charge on any atom is 0.194 e. The summed E-state index contributed by atoms with van der Waals surface area (Å²) in [7, 11) is 3.87. The Hall–Kier alpha value is -2.08. The molecule has 1 saturated heterocycles. The summed E-state index contributed by atoms with van der Waals surface area (Å²) in [5, 5.41) is 6.67. The monoisotopic (exact) mass is 385 g/mol. The minimum atomic E-state index is 0.760. The van der Waals surface area contributed by atoms with Crippen LogP contribution >= 0.6 is 11.3 Å². The average Bonchev–Trinajstić information content (AvgIpc) is 3.08. The van der Waals surface area contributed by atoms with Crippen molar-refractivity contribution in [1.82, 2.24) is 15.2 Å². The van der Waals surface area contributed by atoms with Crippen LogP contribution in [0.5, 0.6) is 0 Å². The fourth-order valence-electron chi connectivity index (χ4n) is 3.46. The zero-order valence-corrected chi connectivity index (χ0v) is 17.7. The summed E-state index contributed by atoms with van der Waals surface area (Å²) >= 11 is 1.69. The van der Waals surface area contributed by atoms with E-state index in [2.05, 4.69) is 61.7 Å². The van der Waals surface area contributed by atoms with E-state index in [1.54, 1.807) is 11.3 Å². The van der Waals surface area contributed by atoms with Gasteiger partial charge in [0.2, 0.25) is 0 Å². The Bertz CT molecular complexity index is 744. The van der Waals surface area contributed by atoms with Gasteiger partial charge in [-0.3, -0.25) is 4.99 Å². The molecule has 0 bridgehead atoms. The van der Waals surface area contributed by atoms with E-state index in [9.17, 15) is 0 Å². The van der Waals surface area contributed by atoms with Crippen LogP contribution in [0.1, 0.15) is 36.0 Å². The lowest BCUT2D eigenvalue weighted by Gasteiger charge is -2.32. The van der Waals surface area contributed by atoms with E-state index in [-0.39, 0.29) is 0 Å². The molecule has 0 unspecified atom stereocenters. The van der Waals surface area contributed by atoms with Crippen LogP contribution in [0.3, 0.4) is 0 Å². The van der Waals surface area contributed by atoms with E-state index in [4.69, 9.17) is 0 Å². The number of guanidine groups is 1. The number of nitrogens with one attached hydrogen (secondary N) is 1. The minimum absolute atomic E-state index is 0.760. The highest BCUT2D eigenvalue weighted by atomic mass is 32.1. The third-order valence-electron chi connectivity index (χ3n) is 5.17. The van der Waals surface area contributed by atoms with Gasteiger partial charge >= 0.3 is 0 Å². The maximum atomic E-state index is 4.53. The molecule has 1 aromatic carbocycles. The number of benzene rings is 1. The van der Waals surface area contributed by atoms with Gasteiger partial charge in [0, 0.05) is 44.8 Å². The molecule has 6 heteroatoms. The van der Waals surface area contributed by atoms with Crippen molar-refractivity contribution in [3.63, 3.8) is 0 Å². The molecule has 0 radical (unpaired) electrons. The van der Waals surface area contributed by atoms with Crippen molar-refractivity contribution in [2.75, 3.05) is 32.1 Å². The lowest BCUT2D eigenvalue weighted by molar-refractivity contribution is 0.438. The summed E-state index contributed by atoms with van der Waals surface area (Å²) in [6, 6.07) is 8.93. The van der Waals surface area contributed by atoms with Gasteiger partial charge in [-0.1, -0.05) is 19.1 Å². The van der Waals surface area contributed by atoms with Crippen LogP contribution in [0.2, 0.25) is 0 Å². The normalized spacial score (nSPS) is 15.9. The topological polar surface area (TPSA) is 43.8 Å². The van der Waals surface area contributed by atoms with Crippen molar-refractivity contribution >= 4 is 23.0 Å². The quantitative estimate of drug-likeness (QED) is 0.626. The van der Waals surface area contributed by atoms with Crippen molar-refractivity contribution in [2.24, 2.45) is 10.9 Å². The van der Waals surface area contributed by atoms with Gasteiger partial charge in [0.15, 0.2) is 5.96 Å². The van der Waals surface area contributed by atoms with E-state index in [1.165, 1.54) is 37.2 Å². The van der Waals surface area contributed by atoms with Gasteiger partial charge in [-0.05, 0) is 43.4 Å². The number of piperidine rings is 1. The van der Waals surface area contributed by atoms with Crippen LogP contribution in [0, 0.1) is 12.8 Å². The first-order chi connectivity index (χ1) is 13.0. The second-order valence-corrected chi connectivity index (χ2v) is 8.51. The van der Waals surface area contributed by atoms with E-state index < -0.39 is 0 Å². The molecule has 1 aliphatic rings. The Morgan fingerprint density at radius 1 is 1.30 bits per heavy atom. The van der Waals surface area contributed by atoms with Crippen LogP contribution in [0.15, 0.2) is 34.6 Å². The van der Waals surface area contributed by atoms with Crippen molar-refractivity contribution in [3.8, 4) is 0 Å². The number of aryl methyl sites for hydroxylation is 1. The van der Waals surface area contributed by atoms with Crippen molar-refractivity contribution < 1.29 is 0 Å². The first kappa shape index (κ1) is 19.7. The molecule has 1 fully saturated rings. The Kier molecular flexibility index (Phi) is 6.72. The van der Waals surface area contributed by atoms with Gasteiger partial charge in [0.1, 0.15) is 0 Å². The van der Waals surface area contributed by atoms with Crippen LogP contribution in [0.4, 0.5) is 5.69 Å². The van der Waals surface area contributed by atoms with Gasteiger partial charge in [-0.15, -0.1) is 11.3 Å². The first-order valence-corrected chi connectivity index (χ1v) is 10.6. The Morgan fingerprint density at radius 2 is 2.00 bits per heavy atom. The van der Waals surface area contributed by atoms with Crippen molar-refractivity contribution in [3.05, 3.63) is 45.9 Å². The highest BCUT2D eigenvalue weighted by molar-refractivity contribution is 7.09. The zero-order valence-electron chi connectivity index (χ0n) is 16.9. The molecule has 1 aliphatic heterocycles. The molecule has 2 aromatic rings. The highest BCUT2D eigenvalue weighted by Crippen LogP contribution is 2.23. The third kappa shape index (κ3) is 5.45. The van der Waals surface area contributed by atoms with Gasteiger partial charge < -0.3 is 15.1 Å². The number of anilines is 1. The summed E-state index contributed by atoms with van der Waals surface area (Å²) in [5.41, 5.74) is 3.69. The molecule has 1 N–H and O–H groups in total. The third-order valence-corrected chi connectivity index (χ3v) is 6.00. The Labute approximate surface area is 167 Å². The van der Waals surface area contributed by atoms with Crippen LogP contribution in [-0.2, 0) is 13.1 Å². The van der Waals surface area contributed by atoms with Crippen LogP contribution < -0.4 is 10.2 Å². The fraction of sp³-hybridized carbons (Fsp3) is 0.524. The van der Waals surface area contributed by atoms with Crippen molar-refractivity contribution in [2.45, 2.75) is 39.8 Å². The number of aromatic nitrogens is 1. The molecule has 146 valence electrons. The van der Waals surface area contributed by atoms with Gasteiger partial charge in [0.25, 0.3) is 0 Å². The smallest absolute Gasteiger partial charge is 0.194 e. The van der Waals surface area contributed by atoms with Gasteiger partial charge in [-0.2, -0.15) is 0 Å². The molecule has 3 rings (SSSR count). The van der Waals surface area contributed by atoms with Gasteiger partial charge in [0.05, 0.1) is 17.2 Å². The lowest BCUT2D eigenvalue weighted by atomic mass is 9.99. The van der Waals surface area contributed by atoms with Crippen LogP contribution in [-0.4, -0.2) is 43.0 Å². The first-order valence-electron chi connectivity index (χ1n) is 9.72. The molecule has 27 heavy (non-hydrogen) atoms. The number of hydrogen-bond donors (Lipinski definition) is 1. The summed E-state index contributed by atoms with van der Waals surface area (Å²) in [6.45, 7) is 8.26. The second-order valence-electron chi connectivity index (χ2n) is 7.45. The van der Waals surface area contributed by atoms with E-state index in [1.807, 2.05) is 21.0 Å². The molecule has 1 aromatic heterocycles. The molecule has 5 nitrogen and oxygen atoms in total. The molecular formula is C21H31N5S. The molecule has 0 saturated carbocycles. The average molecular weight is 386 g/mol. The zero-order chi connectivity index (χ0) is 19.2. The predicted octanol–water partition coefficient (Wildman–Crippen LogP) is 3.90. The molecule has 0 atom stereocenters. The summed E-state index contributed by atoms with van der Waals surface area (Å²) in [4.78, 5) is 13.5. The molecule has 0 spiro atoms. The van der Waals surface area contributed by atoms with E-state index in [0.717, 1.165) is 35.7 Å². The molecule has 0 amide bonds. The standard InChI is InChI=1S/C21H31N5S/c1-16-9-11-26(12-10-16)20-7-5-18(6-8-20)13-23-21(22-3)25(4)14-19-15-27-17(2)24-19/h5-8,15-16H,9-14H2,1-4H3,(H,22,23). The second kappa shape index (κ2) is 9.22. The number of nitrogens with zero attached hydrogens (tertiary/aromatic N) is 4. The minimum Gasteiger partial charge on any atom is -0.372 e. The lowest BCUT2D eigenvalue weighted by Crippen LogP contribution is -2.38. The molecule has 0 aliphatic carbocycles. The number of aliphatic imine (C=N–C) groups is 1. The Balaban J connectivity index is 1.52. The maximum absolute atomic E-state index is 4.53. The van der Waals surface area contributed by atoms with Crippen molar-refractivity contribution in [1.29, 1.82) is 0 Å². The summed E-state index contributed by atoms with van der Waals surface area (Å²) in [6.07, 6.45) is 2.59. The summed E-state index contributed by atoms with van der Waals surface area (Å²) < 4.78 is 0. The molecular weight excluding hydrogens is 354 g/mol. The van der Waals surface area contributed by atoms with E-state index >= 15 is 0 Å². The fourth-order valence-corrected chi connectivity index (χ4v) is 4.06. The number of thiazole rings is 1. The predicted molar refractivity (Wildman–Crippen MR) is 116 cm³/mol. The highest BCUT2D eigenvalue weighted by Gasteiger charge is 2.16. The number of rotatable bonds is 5. The van der Waals surface area contributed by atoms with Gasteiger partial charge in [-0.25, -0.2) is 4.98 Å². The number of hydrogen-bond acceptors (Lipinski definition) is 4.